The fraction of sp³-hybridized carbons (Fsp3) is 0.185. The third-order valence-electron chi connectivity index (χ3n) is 5.72. The van der Waals surface area contributed by atoms with Crippen LogP contribution in [0.1, 0.15) is 18.9 Å². The summed E-state index contributed by atoms with van der Waals surface area (Å²) in [6.07, 6.45) is 1.00. The summed E-state index contributed by atoms with van der Waals surface area (Å²) in [7, 11) is 0. The van der Waals surface area contributed by atoms with E-state index in [2.05, 4.69) is 29.6 Å². The van der Waals surface area contributed by atoms with Crippen molar-refractivity contribution in [2.45, 2.75) is 25.9 Å². The van der Waals surface area contributed by atoms with E-state index in [4.69, 9.17) is 9.72 Å². The van der Waals surface area contributed by atoms with Crippen molar-refractivity contribution in [1.29, 1.82) is 0 Å². The number of nitrogens with zero attached hydrogens (tertiary/aromatic N) is 2. The summed E-state index contributed by atoms with van der Waals surface area (Å²) in [5.74, 6) is 0.781. The van der Waals surface area contributed by atoms with Crippen molar-refractivity contribution in [3.63, 3.8) is 0 Å². The molecule has 1 aliphatic heterocycles. The number of rotatable bonds is 6. The molecule has 32 heavy (non-hydrogen) atoms. The van der Waals surface area contributed by atoms with Gasteiger partial charge in [0.25, 0.3) is 5.91 Å². The first-order valence-corrected chi connectivity index (χ1v) is 11.8. The van der Waals surface area contributed by atoms with Crippen molar-refractivity contribution >= 4 is 22.9 Å². The molecule has 1 unspecified atom stereocenters. The second-order valence-corrected chi connectivity index (χ2v) is 8.68. The maximum absolute atomic E-state index is 13.2. The molecule has 0 fully saturated rings. The molecule has 5 rings (SSSR count). The van der Waals surface area contributed by atoms with Crippen LogP contribution in [0, 0.1) is 0 Å². The summed E-state index contributed by atoms with van der Waals surface area (Å²) in [6, 6.07) is 26.5. The van der Waals surface area contributed by atoms with E-state index >= 15 is 0 Å². The van der Waals surface area contributed by atoms with E-state index in [-0.39, 0.29) is 5.91 Å². The highest BCUT2D eigenvalue weighted by molar-refractivity contribution is 7.13. The Bertz CT molecular complexity index is 1220. The van der Waals surface area contributed by atoms with Gasteiger partial charge in [-0.2, -0.15) is 0 Å². The van der Waals surface area contributed by atoms with Gasteiger partial charge in [0.15, 0.2) is 6.10 Å². The summed E-state index contributed by atoms with van der Waals surface area (Å²) in [6.45, 7) is 2.60. The van der Waals surface area contributed by atoms with Crippen LogP contribution >= 0.6 is 11.3 Å². The minimum Gasteiger partial charge on any atom is -0.478 e. The Hall–Kier alpha value is -3.44. The quantitative estimate of drug-likeness (QED) is 0.357. The molecular weight excluding hydrogens is 416 g/mol. The molecule has 0 saturated carbocycles. The van der Waals surface area contributed by atoms with Crippen molar-refractivity contribution in [3.8, 4) is 27.6 Å². The standard InChI is InChI=1S/C27H24N2O2S/c1-2-24-27(30)29(16-15-19-9-5-3-6-10-19)23-17-21(13-14-25(23)31-24)22-18-32-26(28-22)20-11-7-4-8-12-20/h3-14,17-18,24H,2,15-16H2,1H3. The number of hydrogen-bond donors (Lipinski definition) is 0. The molecule has 0 bridgehead atoms. The number of ether oxygens (including phenoxy) is 1. The maximum Gasteiger partial charge on any atom is 0.268 e. The van der Waals surface area contributed by atoms with Gasteiger partial charge in [-0.1, -0.05) is 67.6 Å². The molecule has 4 nitrogen and oxygen atoms in total. The van der Waals surface area contributed by atoms with Crippen molar-refractivity contribution in [2.75, 3.05) is 11.4 Å². The molecule has 3 aromatic carbocycles. The van der Waals surface area contributed by atoms with Gasteiger partial charge >= 0.3 is 0 Å². The van der Waals surface area contributed by atoms with Crippen molar-refractivity contribution in [1.82, 2.24) is 4.98 Å². The molecule has 0 N–H and O–H groups in total. The Labute approximate surface area is 192 Å². The van der Waals surface area contributed by atoms with Crippen LogP contribution in [0.25, 0.3) is 21.8 Å². The van der Waals surface area contributed by atoms with E-state index in [1.54, 1.807) is 11.3 Å². The first kappa shape index (κ1) is 20.5. The smallest absolute Gasteiger partial charge is 0.268 e. The van der Waals surface area contributed by atoms with Crippen LogP contribution in [0.4, 0.5) is 5.69 Å². The minimum atomic E-state index is -0.437. The summed E-state index contributed by atoms with van der Waals surface area (Å²) in [5.41, 5.74) is 5.03. The lowest BCUT2D eigenvalue weighted by atomic mass is 10.1. The van der Waals surface area contributed by atoms with Gasteiger partial charge < -0.3 is 9.64 Å². The predicted octanol–water partition coefficient (Wildman–Crippen LogP) is 6.22. The Balaban J connectivity index is 1.47. The SMILES string of the molecule is CCC1Oc2ccc(-c3csc(-c4ccccc4)n3)cc2N(CCc2ccccc2)C1=O. The molecule has 160 valence electrons. The van der Waals surface area contributed by atoms with Gasteiger partial charge in [0.1, 0.15) is 10.8 Å². The second-order valence-electron chi connectivity index (χ2n) is 7.83. The molecule has 5 heteroatoms. The van der Waals surface area contributed by atoms with Crippen LogP contribution in [0.15, 0.2) is 84.2 Å². The lowest BCUT2D eigenvalue weighted by Crippen LogP contribution is -2.46. The second kappa shape index (κ2) is 8.97. The molecule has 1 atom stereocenters. The number of thiazole rings is 1. The zero-order valence-electron chi connectivity index (χ0n) is 17.9. The van der Waals surface area contributed by atoms with Crippen LogP contribution in [0.5, 0.6) is 5.75 Å². The number of fused-ring (bicyclic) bond motifs is 1. The molecule has 0 radical (unpaired) electrons. The molecule has 0 saturated heterocycles. The van der Waals surface area contributed by atoms with Gasteiger partial charge in [-0.25, -0.2) is 4.98 Å². The van der Waals surface area contributed by atoms with Gasteiger partial charge in [-0.3, -0.25) is 4.79 Å². The summed E-state index contributed by atoms with van der Waals surface area (Å²) in [4.78, 5) is 19.9. The van der Waals surface area contributed by atoms with E-state index in [1.165, 1.54) is 5.56 Å². The number of benzene rings is 3. The monoisotopic (exact) mass is 440 g/mol. The van der Waals surface area contributed by atoms with Crippen LogP contribution in [-0.2, 0) is 11.2 Å². The topological polar surface area (TPSA) is 42.4 Å². The fourth-order valence-corrected chi connectivity index (χ4v) is 4.81. The molecule has 1 amide bonds. The van der Waals surface area contributed by atoms with E-state index in [0.717, 1.165) is 39.7 Å². The maximum atomic E-state index is 13.2. The Morgan fingerprint density at radius 2 is 1.72 bits per heavy atom. The number of carbonyl (C=O) groups is 1. The fourth-order valence-electron chi connectivity index (χ4n) is 3.98. The zero-order chi connectivity index (χ0) is 21.9. The van der Waals surface area contributed by atoms with E-state index < -0.39 is 6.10 Å². The van der Waals surface area contributed by atoms with E-state index in [1.807, 2.05) is 66.4 Å². The lowest BCUT2D eigenvalue weighted by Gasteiger charge is -2.34. The number of carbonyl (C=O) groups excluding carboxylic acids is 1. The minimum absolute atomic E-state index is 0.0244. The highest BCUT2D eigenvalue weighted by Gasteiger charge is 2.33. The first-order valence-electron chi connectivity index (χ1n) is 10.9. The van der Waals surface area contributed by atoms with Crippen LogP contribution in [-0.4, -0.2) is 23.5 Å². The van der Waals surface area contributed by atoms with Crippen molar-refractivity contribution in [3.05, 3.63) is 89.8 Å². The highest BCUT2D eigenvalue weighted by Crippen LogP contribution is 2.39. The molecule has 2 heterocycles. The van der Waals surface area contributed by atoms with Gasteiger partial charge in [0, 0.05) is 23.1 Å². The summed E-state index contributed by atoms with van der Waals surface area (Å²) in [5, 5.41) is 3.05. The summed E-state index contributed by atoms with van der Waals surface area (Å²) >= 11 is 1.62. The molecular formula is C27H24N2O2S. The van der Waals surface area contributed by atoms with Crippen molar-refractivity contribution in [2.24, 2.45) is 0 Å². The Morgan fingerprint density at radius 3 is 2.47 bits per heavy atom. The summed E-state index contributed by atoms with van der Waals surface area (Å²) < 4.78 is 6.03. The van der Waals surface area contributed by atoms with E-state index in [9.17, 15) is 4.79 Å². The molecule has 1 aliphatic rings. The van der Waals surface area contributed by atoms with E-state index in [0.29, 0.717) is 13.0 Å². The average molecular weight is 441 g/mol. The average Bonchev–Trinajstić information content (AvgIpc) is 3.34. The van der Waals surface area contributed by atoms with Crippen LogP contribution in [0.3, 0.4) is 0 Å². The third kappa shape index (κ3) is 4.04. The zero-order valence-corrected chi connectivity index (χ0v) is 18.7. The molecule has 0 aliphatic carbocycles. The largest absolute Gasteiger partial charge is 0.478 e. The van der Waals surface area contributed by atoms with Gasteiger partial charge in [-0.15, -0.1) is 11.3 Å². The third-order valence-corrected chi connectivity index (χ3v) is 6.61. The van der Waals surface area contributed by atoms with Crippen LogP contribution < -0.4 is 9.64 Å². The molecule has 0 spiro atoms. The number of hydrogen-bond acceptors (Lipinski definition) is 4. The lowest BCUT2D eigenvalue weighted by molar-refractivity contribution is -0.126. The first-order chi connectivity index (χ1) is 15.7. The normalized spacial score (nSPS) is 15.3. The predicted molar refractivity (Wildman–Crippen MR) is 130 cm³/mol. The number of aromatic nitrogens is 1. The van der Waals surface area contributed by atoms with Gasteiger partial charge in [0.2, 0.25) is 0 Å². The highest BCUT2D eigenvalue weighted by atomic mass is 32.1. The Morgan fingerprint density at radius 1 is 0.969 bits per heavy atom. The van der Waals surface area contributed by atoms with Crippen LogP contribution in [0.2, 0.25) is 0 Å². The number of anilines is 1. The molecule has 1 aromatic heterocycles. The molecule has 4 aromatic rings. The van der Waals surface area contributed by atoms with Gasteiger partial charge in [0.05, 0.1) is 11.4 Å². The van der Waals surface area contributed by atoms with Crippen molar-refractivity contribution < 1.29 is 9.53 Å². The van der Waals surface area contributed by atoms with Gasteiger partial charge in [-0.05, 0) is 36.6 Å². The Kier molecular flexibility index (Phi) is 5.73. The number of amides is 1.